The number of hydrogen-bond donors (Lipinski definition) is 1. The summed E-state index contributed by atoms with van der Waals surface area (Å²) >= 11 is 0. The average Bonchev–Trinajstić information content (AvgIpc) is 2.84. The Labute approximate surface area is 147 Å². The molecule has 0 aliphatic carbocycles. The van der Waals surface area contributed by atoms with Crippen LogP contribution in [0, 0.1) is 13.8 Å². The van der Waals surface area contributed by atoms with Crippen molar-refractivity contribution >= 4 is 11.6 Å². The number of carbonyl (C=O) groups is 1. The summed E-state index contributed by atoms with van der Waals surface area (Å²) in [6.07, 6.45) is 0.313. The Kier molecular flexibility index (Phi) is 4.84. The van der Waals surface area contributed by atoms with Crippen molar-refractivity contribution in [2.24, 2.45) is 7.05 Å². The first-order chi connectivity index (χ1) is 12.0. The molecule has 2 aromatic carbocycles. The third kappa shape index (κ3) is 4.07. The molecule has 3 aromatic rings. The van der Waals surface area contributed by atoms with Crippen LogP contribution in [0.4, 0.5) is 5.69 Å². The van der Waals surface area contributed by atoms with Gasteiger partial charge < -0.3 is 10.1 Å². The molecule has 25 heavy (non-hydrogen) atoms. The molecule has 128 valence electrons. The van der Waals surface area contributed by atoms with Crippen LogP contribution in [0.5, 0.6) is 11.5 Å². The van der Waals surface area contributed by atoms with E-state index in [4.69, 9.17) is 4.74 Å². The largest absolute Gasteiger partial charge is 0.457 e. The van der Waals surface area contributed by atoms with Crippen molar-refractivity contribution in [2.45, 2.75) is 20.3 Å². The summed E-state index contributed by atoms with van der Waals surface area (Å²) in [5.41, 5.74) is 3.62. The smallest absolute Gasteiger partial charge is 0.228 e. The number of carbonyl (C=O) groups excluding carboxylic acids is 1. The topological polar surface area (TPSA) is 56.2 Å². The minimum absolute atomic E-state index is 0.0593. The van der Waals surface area contributed by atoms with Gasteiger partial charge in [0.05, 0.1) is 12.1 Å². The van der Waals surface area contributed by atoms with Gasteiger partial charge in [0.2, 0.25) is 5.91 Å². The van der Waals surface area contributed by atoms with Crippen molar-refractivity contribution in [2.75, 3.05) is 5.32 Å². The molecule has 5 heteroatoms. The summed E-state index contributed by atoms with van der Waals surface area (Å²) < 4.78 is 7.54. The first kappa shape index (κ1) is 16.8. The highest BCUT2D eigenvalue weighted by Crippen LogP contribution is 2.23. The van der Waals surface area contributed by atoms with Gasteiger partial charge in [0.25, 0.3) is 0 Å². The lowest BCUT2D eigenvalue weighted by Crippen LogP contribution is -2.15. The normalized spacial score (nSPS) is 10.5. The van der Waals surface area contributed by atoms with E-state index >= 15 is 0 Å². The van der Waals surface area contributed by atoms with Gasteiger partial charge in [0.1, 0.15) is 11.5 Å². The van der Waals surface area contributed by atoms with Crippen molar-refractivity contribution in [1.82, 2.24) is 9.78 Å². The van der Waals surface area contributed by atoms with E-state index < -0.39 is 0 Å². The third-order valence-corrected chi connectivity index (χ3v) is 4.11. The molecule has 0 bridgehead atoms. The lowest BCUT2D eigenvalue weighted by Gasteiger charge is -2.08. The molecule has 1 amide bonds. The van der Waals surface area contributed by atoms with Gasteiger partial charge >= 0.3 is 0 Å². The number of rotatable bonds is 5. The second kappa shape index (κ2) is 7.21. The molecule has 0 unspecified atom stereocenters. The van der Waals surface area contributed by atoms with Crippen molar-refractivity contribution in [3.63, 3.8) is 0 Å². The van der Waals surface area contributed by atoms with E-state index in [1.807, 2.05) is 75.5 Å². The Morgan fingerprint density at radius 1 is 1.04 bits per heavy atom. The zero-order valence-corrected chi connectivity index (χ0v) is 14.6. The molecule has 1 heterocycles. The van der Waals surface area contributed by atoms with Gasteiger partial charge in [-0.1, -0.05) is 18.2 Å². The van der Waals surface area contributed by atoms with E-state index in [-0.39, 0.29) is 5.91 Å². The predicted octanol–water partition coefficient (Wildman–Crippen LogP) is 4.01. The second-order valence-corrected chi connectivity index (χ2v) is 5.94. The van der Waals surface area contributed by atoms with Gasteiger partial charge in [0.15, 0.2) is 0 Å². The molecule has 1 aromatic heterocycles. The maximum Gasteiger partial charge on any atom is 0.228 e. The summed E-state index contributed by atoms with van der Waals surface area (Å²) in [4.78, 5) is 12.3. The number of nitrogens with zero attached hydrogens (tertiary/aromatic N) is 2. The quantitative estimate of drug-likeness (QED) is 0.766. The molecule has 5 nitrogen and oxygen atoms in total. The summed E-state index contributed by atoms with van der Waals surface area (Å²) in [5, 5.41) is 7.26. The van der Waals surface area contributed by atoms with Crippen LogP contribution in [-0.4, -0.2) is 15.7 Å². The summed E-state index contributed by atoms with van der Waals surface area (Å²) in [7, 11) is 1.88. The highest BCUT2D eigenvalue weighted by molar-refractivity contribution is 5.92. The van der Waals surface area contributed by atoms with Crippen LogP contribution < -0.4 is 10.1 Å². The molecule has 0 saturated carbocycles. The Hall–Kier alpha value is -3.08. The van der Waals surface area contributed by atoms with Gasteiger partial charge in [-0.3, -0.25) is 9.48 Å². The lowest BCUT2D eigenvalue weighted by molar-refractivity contribution is -0.115. The van der Waals surface area contributed by atoms with E-state index in [9.17, 15) is 4.79 Å². The number of ether oxygens (including phenoxy) is 1. The van der Waals surface area contributed by atoms with Crippen LogP contribution in [0.15, 0.2) is 54.6 Å². The SMILES string of the molecule is Cc1nn(C)c(C)c1CC(=O)Nc1ccc(Oc2ccccc2)cc1. The minimum Gasteiger partial charge on any atom is -0.457 e. The molecule has 0 aliphatic rings. The van der Waals surface area contributed by atoms with E-state index in [1.165, 1.54) is 0 Å². The predicted molar refractivity (Wildman–Crippen MR) is 98.0 cm³/mol. The molecule has 0 spiro atoms. The Balaban J connectivity index is 1.62. The molecule has 0 saturated heterocycles. The van der Waals surface area contributed by atoms with Gasteiger partial charge in [-0.2, -0.15) is 5.10 Å². The van der Waals surface area contributed by atoms with E-state index in [2.05, 4.69) is 10.4 Å². The molecule has 0 fully saturated rings. The zero-order valence-electron chi connectivity index (χ0n) is 14.6. The first-order valence-electron chi connectivity index (χ1n) is 8.15. The maximum absolute atomic E-state index is 12.3. The highest BCUT2D eigenvalue weighted by atomic mass is 16.5. The van der Waals surface area contributed by atoms with Gasteiger partial charge in [0, 0.05) is 24.0 Å². The number of amides is 1. The van der Waals surface area contributed by atoms with Gasteiger partial charge in [-0.25, -0.2) is 0 Å². The fraction of sp³-hybridized carbons (Fsp3) is 0.200. The van der Waals surface area contributed by atoms with Crippen LogP contribution in [0.2, 0.25) is 0 Å². The molecular weight excluding hydrogens is 314 g/mol. The number of aryl methyl sites for hydroxylation is 2. The van der Waals surface area contributed by atoms with Crippen LogP contribution >= 0.6 is 0 Å². The lowest BCUT2D eigenvalue weighted by atomic mass is 10.1. The maximum atomic E-state index is 12.3. The number of aromatic nitrogens is 2. The summed E-state index contributed by atoms with van der Waals surface area (Å²) in [6, 6.07) is 16.9. The van der Waals surface area contributed by atoms with Crippen molar-refractivity contribution < 1.29 is 9.53 Å². The van der Waals surface area contributed by atoms with Crippen molar-refractivity contribution in [3.8, 4) is 11.5 Å². The third-order valence-electron chi connectivity index (χ3n) is 4.11. The van der Waals surface area contributed by atoms with Crippen LogP contribution in [-0.2, 0) is 18.3 Å². The van der Waals surface area contributed by atoms with Crippen LogP contribution in [0.25, 0.3) is 0 Å². The molecule has 0 radical (unpaired) electrons. The van der Waals surface area contributed by atoms with E-state index in [0.717, 1.165) is 34.1 Å². The molecule has 3 rings (SSSR count). The van der Waals surface area contributed by atoms with Crippen molar-refractivity contribution in [1.29, 1.82) is 0 Å². The average molecular weight is 335 g/mol. The summed E-state index contributed by atoms with van der Waals surface area (Å²) in [5.74, 6) is 1.45. The van der Waals surface area contributed by atoms with Gasteiger partial charge in [-0.05, 0) is 50.2 Å². The van der Waals surface area contributed by atoms with E-state index in [1.54, 1.807) is 4.68 Å². The first-order valence-corrected chi connectivity index (χ1v) is 8.15. The number of para-hydroxylation sites is 1. The molecule has 0 aliphatic heterocycles. The number of benzene rings is 2. The molecule has 0 atom stereocenters. The Morgan fingerprint density at radius 3 is 2.28 bits per heavy atom. The Morgan fingerprint density at radius 2 is 1.68 bits per heavy atom. The fourth-order valence-electron chi connectivity index (χ4n) is 2.67. The number of nitrogens with one attached hydrogen (secondary N) is 1. The Bertz CT molecular complexity index is 868. The monoisotopic (exact) mass is 335 g/mol. The number of anilines is 1. The molecule has 1 N–H and O–H groups in total. The standard InChI is InChI=1S/C20H21N3O2/c1-14-19(15(2)23(3)22-14)13-20(24)21-16-9-11-18(12-10-16)25-17-7-5-4-6-8-17/h4-12H,13H2,1-3H3,(H,21,24). The fourth-order valence-corrected chi connectivity index (χ4v) is 2.67. The molecular formula is C20H21N3O2. The zero-order chi connectivity index (χ0) is 17.8. The van der Waals surface area contributed by atoms with Crippen LogP contribution in [0.1, 0.15) is 17.0 Å². The van der Waals surface area contributed by atoms with E-state index in [0.29, 0.717) is 6.42 Å². The highest BCUT2D eigenvalue weighted by Gasteiger charge is 2.13. The summed E-state index contributed by atoms with van der Waals surface area (Å²) in [6.45, 7) is 3.89. The number of hydrogen-bond acceptors (Lipinski definition) is 3. The van der Waals surface area contributed by atoms with Gasteiger partial charge in [-0.15, -0.1) is 0 Å². The van der Waals surface area contributed by atoms with Crippen molar-refractivity contribution in [3.05, 3.63) is 71.5 Å². The second-order valence-electron chi connectivity index (χ2n) is 5.94. The van der Waals surface area contributed by atoms with Crippen LogP contribution in [0.3, 0.4) is 0 Å². The minimum atomic E-state index is -0.0593.